The van der Waals surface area contributed by atoms with E-state index in [1.165, 1.54) is 6.42 Å². The molecule has 0 spiro atoms. The molecule has 1 radical (unpaired) electrons. The van der Waals surface area contributed by atoms with Gasteiger partial charge >= 0.3 is 0 Å². The van der Waals surface area contributed by atoms with Gasteiger partial charge in [-0.25, -0.2) is 0 Å². The van der Waals surface area contributed by atoms with Gasteiger partial charge in [-0.15, -0.1) is 0 Å². The van der Waals surface area contributed by atoms with Gasteiger partial charge in [0.15, 0.2) is 6.29 Å². The number of unbranched alkanes of at least 4 members (excludes halogenated alkanes) is 6. The van der Waals surface area contributed by atoms with Gasteiger partial charge in [-0.2, -0.15) is 0 Å². The molecule has 0 fully saturated rings. The minimum Gasteiger partial charge on any atom is -0.291 e. The van der Waals surface area contributed by atoms with Crippen molar-refractivity contribution in [1.29, 1.82) is 0 Å². The fraction of sp³-hybridized carbons (Fsp3) is 0.833. The number of carbonyl (C=O) groups excluding carboxylic acids is 1. The van der Waals surface area contributed by atoms with Crippen LogP contribution in [-0.4, -0.2) is 28.2 Å². The van der Waals surface area contributed by atoms with Crippen LogP contribution < -0.4 is 0 Å². The van der Waals surface area contributed by atoms with E-state index in [1.807, 2.05) is 12.2 Å². The van der Waals surface area contributed by atoms with Crippen LogP contribution in [-0.2, 0) is 4.79 Å². The van der Waals surface area contributed by atoms with Gasteiger partial charge in [0, 0.05) is 29.1 Å². The highest BCUT2D eigenvalue weighted by Crippen LogP contribution is 2.17. The quantitative estimate of drug-likeness (QED) is 0.163. The monoisotopic (exact) mass is 355 g/mol. The highest BCUT2D eigenvalue weighted by Gasteiger charge is 2.30. The van der Waals surface area contributed by atoms with Crippen molar-refractivity contribution < 1.29 is 14.6 Å². The van der Waals surface area contributed by atoms with Gasteiger partial charge in [0.25, 0.3) is 0 Å². The zero-order chi connectivity index (χ0) is 18.9. The Morgan fingerprint density at radius 2 is 1.52 bits per heavy atom. The van der Waals surface area contributed by atoms with E-state index in [9.17, 15) is 25.0 Å². The third kappa shape index (κ3) is 13.2. The maximum absolute atomic E-state index is 11.2. The average Bonchev–Trinajstić information content (AvgIpc) is 2.57. The highest BCUT2D eigenvalue weighted by molar-refractivity contribution is 5.50. The third-order valence-corrected chi connectivity index (χ3v) is 4.26. The summed E-state index contributed by atoms with van der Waals surface area (Å²) in [6.07, 6.45) is 13.8. The standard InChI is InChI=1S/C18H31N2O5/c1-2-3-4-5-6-7-10-13-17(19(22)23)16-18(20(24)25)14-11-8-9-12-15-21/h6-7,17-18H,2-5,8-14,16H2,1H3. The molecular weight excluding hydrogens is 324 g/mol. The van der Waals surface area contributed by atoms with Crippen LogP contribution in [0.15, 0.2) is 12.2 Å². The maximum atomic E-state index is 11.2. The van der Waals surface area contributed by atoms with Crippen molar-refractivity contribution >= 4 is 6.29 Å². The summed E-state index contributed by atoms with van der Waals surface area (Å²) in [5, 5.41) is 22.4. The first-order chi connectivity index (χ1) is 12.0. The molecule has 0 saturated heterocycles. The van der Waals surface area contributed by atoms with Crippen molar-refractivity contribution in [2.45, 2.75) is 96.1 Å². The molecule has 143 valence electrons. The predicted molar refractivity (Wildman–Crippen MR) is 97.5 cm³/mol. The van der Waals surface area contributed by atoms with E-state index in [0.717, 1.165) is 19.3 Å². The molecular formula is C18H31N2O5. The van der Waals surface area contributed by atoms with E-state index in [4.69, 9.17) is 0 Å². The number of nitro groups is 2. The molecule has 0 heterocycles. The molecule has 25 heavy (non-hydrogen) atoms. The molecule has 0 aromatic carbocycles. The van der Waals surface area contributed by atoms with Crippen LogP contribution in [0.1, 0.15) is 84.0 Å². The van der Waals surface area contributed by atoms with Crippen molar-refractivity contribution in [3.05, 3.63) is 32.4 Å². The van der Waals surface area contributed by atoms with Gasteiger partial charge in [-0.05, 0) is 32.1 Å². The summed E-state index contributed by atoms with van der Waals surface area (Å²) in [6.45, 7) is 2.14. The first kappa shape index (κ1) is 23.2. The first-order valence-corrected chi connectivity index (χ1v) is 9.29. The minimum atomic E-state index is -0.885. The number of allylic oxidation sites excluding steroid dienone is 2. The molecule has 0 bridgehead atoms. The van der Waals surface area contributed by atoms with Crippen LogP contribution in [0.3, 0.4) is 0 Å². The molecule has 0 aliphatic rings. The normalized spacial score (nSPS) is 13.6. The molecule has 0 aliphatic heterocycles. The molecule has 7 heteroatoms. The van der Waals surface area contributed by atoms with Crippen molar-refractivity contribution in [2.24, 2.45) is 0 Å². The number of hydrogen-bond donors (Lipinski definition) is 0. The summed E-state index contributed by atoms with van der Waals surface area (Å²) < 4.78 is 0. The van der Waals surface area contributed by atoms with Gasteiger partial charge < -0.3 is 0 Å². The van der Waals surface area contributed by atoms with E-state index in [-0.39, 0.29) is 11.3 Å². The summed E-state index contributed by atoms with van der Waals surface area (Å²) in [4.78, 5) is 31.7. The molecule has 0 rings (SSSR count). The van der Waals surface area contributed by atoms with Crippen LogP contribution in [0.25, 0.3) is 0 Å². The predicted octanol–water partition coefficient (Wildman–Crippen LogP) is 4.64. The zero-order valence-corrected chi connectivity index (χ0v) is 15.2. The number of rotatable bonds is 17. The Bertz CT molecular complexity index is 412. The highest BCUT2D eigenvalue weighted by atomic mass is 16.6. The Balaban J connectivity index is 4.26. The average molecular weight is 355 g/mol. The Hall–Kier alpha value is -1.79. The second kappa shape index (κ2) is 15.7. The van der Waals surface area contributed by atoms with E-state index >= 15 is 0 Å². The van der Waals surface area contributed by atoms with Gasteiger partial charge in [-0.3, -0.25) is 25.0 Å². The van der Waals surface area contributed by atoms with Gasteiger partial charge in [0.1, 0.15) is 0 Å². The lowest BCUT2D eigenvalue weighted by Gasteiger charge is -2.12. The number of hydrogen-bond acceptors (Lipinski definition) is 5. The van der Waals surface area contributed by atoms with Crippen LogP contribution in [0.2, 0.25) is 0 Å². The van der Waals surface area contributed by atoms with Crippen molar-refractivity contribution in [1.82, 2.24) is 0 Å². The smallest absolute Gasteiger partial charge is 0.220 e. The van der Waals surface area contributed by atoms with E-state index < -0.39 is 17.0 Å². The van der Waals surface area contributed by atoms with Gasteiger partial charge in [0.2, 0.25) is 12.1 Å². The molecule has 0 aliphatic carbocycles. The summed E-state index contributed by atoms with van der Waals surface area (Å²) >= 11 is 0. The summed E-state index contributed by atoms with van der Waals surface area (Å²) in [5.74, 6) is 0. The zero-order valence-electron chi connectivity index (χ0n) is 15.2. The summed E-state index contributed by atoms with van der Waals surface area (Å²) in [5.41, 5.74) is 0. The third-order valence-electron chi connectivity index (χ3n) is 4.26. The molecule has 0 aromatic heterocycles. The molecule has 2 unspecified atom stereocenters. The maximum Gasteiger partial charge on any atom is 0.220 e. The first-order valence-electron chi connectivity index (χ1n) is 9.29. The lowest BCUT2D eigenvalue weighted by atomic mass is 9.98. The Kier molecular flexibility index (Phi) is 14.6. The largest absolute Gasteiger partial charge is 0.291 e. The second-order valence-electron chi connectivity index (χ2n) is 6.40. The SMILES string of the molecule is CCCCCC=CCCC(CC(CCCCC[C]=O)[N+](=O)[O-])[N+](=O)[O-]. The lowest BCUT2D eigenvalue weighted by Crippen LogP contribution is -2.30. The van der Waals surface area contributed by atoms with Gasteiger partial charge in [-0.1, -0.05) is 38.3 Å². The van der Waals surface area contributed by atoms with E-state index in [1.54, 1.807) is 6.29 Å². The van der Waals surface area contributed by atoms with E-state index in [2.05, 4.69) is 6.92 Å². The van der Waals surface area contributed by atoms with Crippen LogP contribution >= 0.6 is 0 Å². The van der Waals surface area contributed by atoms with Crippen LogP contribution in [0, 0.1) is 20.2 Å². The molecule has 0 amide bonds. The minimum absolute atomic E-state index is 0.0243. The van der Waals surface area contributed by atoms with Crippen molar-refractivity contribution in [3.8, 4) is 0 Å². The topological polar surface area (TPSA) is 103 Å². The molecule has 0 N–H and O–H groups in total. The van der Waals surface area contributed by atoms with Gasteiger partial charge in [0.05, 0.1) is 6.42 Å². The van der Waals surface area contributed by atoms with E-state index in [0.29, 0.717) is 44.9 Å². The molecule has 7 nitrogen and oxygen atoms in total. The molecule has 2 atom stereocenters. The fourth-order valence-electron chi connectivity index (χ4n) is 2.72. The van der Waals surface area contributed by atoms with Crippen molar-refractivity contribution in [3.63, 3.8) is 0 Å². The Morgan fingerprint density at radius 1 is 0.880 bits per heavy atom. The summed E-state index contributed by atoms with van der Waals surface area (Å²) in [6, 6.07) is -1.76. The number of nitrogens with zero attached hydrogens (tertiary/aromatic N) is 2. The fourth-order valence-corrected chi connectivity index (χ4v) is 2.72. The Labute approximate surface area is 150 Å². The van der Waals surface area contributed by atoms with Crippen LogP contribution in [0.4, 0.5) is 0 Å². The Morgan fingerprint density at radius 3 is 2.12 bits per heavy atom. The summed E-state index contributed by atoms with van der Waals surface area (Å²) in [7, 11) is 0. The van der Waals surface area contributed by atoms with Crippen LogP contribution in [0.5, 0.6) is 0 Å². The molecule has 0 saturated carbocycles. The molecule has 0 aromatic rings. The lowest BCUT2D eigenvalue weighted by molar-refractivity contribution is -0.561. The van der Waals surface area contributed by atoms with Crippen molar-refractivity contribution in [2.75, 3.05) is 0 Å². The second-order valence-corrected chi connectivity index (χ2v) is 6.40.